The second kappa shape index (κ2) is 6.69. The van der Waals surface area contributed by atoms with Crippen molar-refractivity contribution in [2.24, 2.45) is 5.92 Å². The Kier molecular flexibility index (Phi) is 5.25. The zero-order chi connectivity index (χ0) is 14.4. The van der Waals surface area contributed by atoms with Gasteiger partial charge in [0.15, 0.2) is 0 Å². The van der Waals surface area contributed by atoms with Crippen LogP contribution < -0.4 is 5.32 Å². The van der Waals surface area contributed by atoms with Gasteiger partial charge in [-0.2, -0.15) is 0 Å². The molecule has 0 saturated heterocycles. The molecule has 0 radical (unpaired) electrons. The number of hydrogen-bond acceptors (Lipinski definition) is 5. The van der Waals surface area contributed by atoms with E-state index in [1.807, 2.05) is 6.92 Å². The molecule has 0 aliphatic heterocycles. The number of nitro benzene ring substituents is 1. The Morgan fingerprint density at radius 1 is 1.58 bits per heavy atom. The van der Waals surface area contributed by atoms with E-state index in [1.54, 1.807) is 7.11 Å². The van der Waals surface area contributed by atoms with Crippen molar-refractivity contribution in [1.29, 1.82) is 0 Å². The Hall–Kier alpha value is -2.15. The first-order chi connectivity index (χ1) is 8.97. The van der Waals surface area contributed by atoms with Gasteiger partial charge in [0.25, 0.3) is 0 Å². The fraction of sp³-hybridized carbons (Fsp3) is 0.417. The predicted molar refractivity (Wildman–Crippen MR) is 69.6 cm³/mol. The molecule has 1 rings (SSSR count). The molecule has 0 aliphatic rings. The van der Waals surface area contributed by atoms with Gasteiger partial charge in [0, 0.05) is 13.7 Å². The zero-order valence-corrected chi connectivity index (χ0v) is 10.8. The number of carboxylic acid groups (broad SMARTS) is 1. The molecular weight excluding hydrogens is 252 g/mol. The van der Waals surface area contributed by atoms with Gasteiger partial charge in [0.1, 0.15) is 11.3 Å². The molecule has 0 aliphatic carbocycles. The van der Waals surface area contributed by atoms with Crippen LogP contribution in [0.2, 0.25) is 0 Å². The molecule has 1 aromatic rings. The maximum absolute atomic E-state index is 11.0. The monoisotopic (exact) mass is 268 g/mol. The number of aromatic carboxylic acids is 1. The molecule has 0 aromatic heterocycles. The molecule has 2 N–H and O–H groups in total. The lowest BCUT2D eigenvalue weighted by Crippen LogP contribution is -2.17. The SMILES string of the molecule is COCC(C)CNc1cccc(C(=O)O)c1[N+](=O)[O-]. The third kappa shape index (κ3) is 3.92. The van der Waals surface area contributed by atoms with Crippen molar-refractivity contribution in [2.75, 3.05) is 25.6 Å². The molecule has 7 nitrogen and oxygen atoms in total. The summed E-state index contributed by atoms with van der Waals surface area (Å²) >= 11 is 0. The third-order valence-electron chi connectivity index (χ3n) is 2.54. The number of ether oxygens (including phenoxy) is 1. The molecule has 1 unspecified atom stereocenters. The molecule has 1 atom stereocenters. The number of carboxylic acids is 1. The minimum absolute atomic E-state index is 0.151. The molecule has 0 fully saturated rings. The van der Waals surface area contributed by atoms with Crippen molar-refractivity contribution >= 4 is 17.3 Å². The Morgan fingerprint density at radius 2 is 2.26 bits per heavy atom. The van der Waals surface area contributed by atoms with Crippen molar-refractivity contribution < 1.29 is 19.6 Å². The van der Waals surface area contributed by atoms with Crippen LogP contribution in [0.15, 0.2) is 18.2 Å². The van der Waals surface area contributed by atoms with Gasteiger partial charge in [-0.25, -0.2) is 4.79 Å². The van der Waals surface area contributed by atoms with E-state index in [4.69, 9.17) is 9.84 Å². The number of nitrogens with zero attached hydrogens (tertiary/aromatic N) is 1. The number of methoxy groups -OCH3 is 1. The summed E-state index contributed by atoms with van der Waals surface area (Å²) < 4.78 is 4.96. The van der Waals surface area contributed by atoms with Crippen molar-refractivity contribution in [3.05, 3.63) is 33.9 Å². The Labute approximate surface area is 110 Å². The molecule has 19 heavy (non-hydrogen) atoms. The largest absolute Gasteiger partial charge is 0.477 e. The first-order valence-electron chi connectivity index (χ1n) is 5.70. The van der Waals surface area contributed by atoms with E-state index < -0.39 is 16.6 Å². The smallest absolute Gasteiger partial charge is 0.342 e. The number of nitro groups is 1. The molecule has 0 saturated carbocycles. The van der Waals surface area contributed by atoms with Gasteiger partial charge < -0.3 is 15.2 Å². The fourth-order valence-electron chi connectivity index (χ4n) is 1.68. The Bertz CT molecular complexity index is 475. The molecule has 0 amide bonds. The molecule has 0 spiro atoms. The minimum Gasteiger partial charge on any atom is -0.477 e. The maximum Gasteiger partial charge on any atom is 0.342 e. The van der Waals surface area contributed by atoms with Crippen LogP contribution in [-0.4, -0.2) is 36.3 Å². The van der Waals surface area contributed by atoms with Crippen LogP contribution in [-0.2, 0) is 4.74 Å². The highest BCUT2D eigenvalue weighted by molar-refractivity contribution is 5.95. The summed E-state index contributed by atoms with van der Waals surface area (Å²) in [4.78, 5) is 21.3. The molecule has 0 heterocycles. The number of carbonyl (C=O) groups is 1. The third-order valence-corrected chi connectivity index (χ3v) is 2.54. The highest BCUT2D eigenvalue weighted by Gasteiger charge is 2.24. The number of hydrogen-bond donors (Lipinski definition) is 2. The van der Waals surface area contributed by atoms with Crippen LogP contribution in [0.5, 0.6) is 0 Å². The van der Waals surface area contributed by atoms with Crippen molar-refractivity contribution in [3.63, 3.8) is 0 Å². The van der Waals surface area contributed by atoms with Crippen LogP contribution in [0.1, 0.15) is 17.3 Å². The molecule has 1 aromatic carbocycles. The Balaban J connectivity index is 2.97. The van der Waals surface area contributed by atoms with Crippen molar-refractivity contribution in [2.45, 2.75) is 6.92 Å². The van der Waals surface area contributed by atoms with Gasteiger partial charge in [-0.1, -0.05) is 13.0 Å². The van der Waals surface area contributed by atoms with Gasteiger partial charge in [0.05, 0.1) is 11.5 Å². The predicted octanol–water partition coefficient (Wildman–Crippen LogP) is 1.99. The van der Waals surface area contributed by atoms with Crippen molar-refractivity contribution in [3.8, 4) is 0 Å². The Morgan fingerprint density at radius 3 is 2.79 bits per heavy atom. The van der Waals surface area contributed by atoms with Crippen LogP contribution in [0, 0.1) is 16.0 Å². The fourth-order valence-corrected chi connectivity index (χ4v) is 1.68. The van der Waals surface area contributed by atoms with Crippen molar-refractivity contribution in [1.82, 2.24) is 0 Å². The van der Waals surface area contributed by atoms with E-state index in [0.717, 1.165) is 0 Å². The second-order valence-corrected chi connectivity index (χ2v) is 4.21. The van der Waals surface area contributed by atoms with Gasteiger partial charge >= 0.3 is 11.7 Å². The summed E-state index contributed by atoms with van der Waals surface area (Å²) in [6.07, 6.45) is 0. The number of benzene rings is 1. The summed E-state index contributed by atoms with van der Waals surface area (Å²) in [6, 6.07) is 4.17. The number of nitrogens with one attached hydrogen (secondary N) is 1. The van der Waals surface area contributed by atoms with E-state index in [-0.39, 0.29) is 17.2 Å². The quantitative estimate of drug-likeness (QED) is 0.579. The summed E-state index contributed by atoms with van der Waals surface area (Å²) in [5.41, 5.74) is -0.540. The van der Waals surface area contributed by atoms with E-state index in [0.29, 0.717) is 13.2 Å². The number of anilines is 1. The van der Waals surface area contributed by atoms with E-state index >= 15 is 0 Å². The standard InChI is InChI=1S/C12H16N2O5/c1-8(7-19-2)6-13-10-5-3-4-9(12(15)16)11(10)14(17)18/h3-5,8,13H,6-7H2,1-2H3,(H,15,16). The van der Waals surface area contributed by atoms with Crippen LogP contribution in [0.3, 0.4) is 0 Å². The molecule has 0 bridgehead atoms. The van der Waals surface area contributed by atoms with Gasteiger partial charge in [-0.15, -0.1) is 0 Å². The molecule has 104 valence electrons. The van der Waals surface area contributed by atoms with Gasteiger partial charge in [-0.05, 0) is 18.1 Å². The number of rotatable bonds is 7. The summed E-state index contributed by atoms with van der Waals surface area (Å²) in [5.74, 6) is -1.17. The van der Waals surface area contributed by atoms with Gasteiger partial charge in [-0.3, -0.25) is 10.1 Å². The second-order valence-electron chi connectivity index (χ2n) is 4.21. The lowest BCUT2D eigenvalue weighted by atomic mass is 10.1. The normalized spacial score (nSPS) is 11.9. The van der Waals surface area contributed by atoms with Crippen LogP contribution in [0.4, 0.5) is 11.4 Å². The van der Waals surface area contributed by atoms with E-state index in [9.17, 15) is 14.9 Å². The van der Waals surface area contributed by atoms with Gasteiger partial charge in [0.2, 0.25) is 0 Å². The zero-order valence-electron chi connectivity index (χ0n) is 10.8. The summed E-state index contributed by atoms with van der Waals surface area (Å²) in [7, 11) is 1.57. The van der Waals surface area contributed by atoms with E-state index in [1.165, 1.54) is 18.2 Å². The minimum atomic E-state index is -1.32. The molecule has 7 heteroatoms. The highest BCUT2D eigenvalue weighted by Crippen LogP contribution is 2.28. The highest BCUT2D eigenvalue weighted by atomic mass is 16.6. The average Bonchev–Trinajstić information content (AvgIpc) is 2.35. The number of para-hydroxylation sites is 1. The molecular formula is C12H16N2O5. The lowest BCUT2D eigenvalue weighted by Gasteiger charge is -2.13. The lowest BCUT2D eigenvalue weighted by molar-refractivity contribution is -0.384. The van der Waals surface area contributed by atoms with E-state index in [2.05, 4.69) is 5.32 Å². The topological polar surface area (TPSA) is 102 Å². The summed E-state index contributed by atoms with van der Waals surface area (Å²) in [6.45, 7) is 2.89. The average molecular weight is 268 g/mol. The van der Waals surface area contributed by atoms with Crippen LogP contribution >= 0.6 is 0 Å². The first kappa shape index (κ1) is 14.9. The summed E-state index contributed by atoms with van der Waals surface area (Å²) in [5, 5.41) is 22.8. The maximum atomic E-state index is 11.0. The van der Waals surface area contributed by atoms with Crippen LogP contribution in [0.25, 0.3) is 0 Å². The first-order valence-corrected chi connectivity index (χ1v) is 5.70.